The van der Waals surface area contributed by atoms with Gasteiger partial charge in [0.05, 0.1) is 15.5 Å². The first kappa shape index (κ1) is 14.9. The number of aromatic carboxylic acids is 1. The van der Waals surface area contributed by atoms with Gasteiger partial charge in [-0.3, -0.25) is 0 Å². The number of nitrogens with one attached hydrogen (secondary N) is 1. The van der Waals surface area contributed by atoms with Crippen molar-refractivity contribution in [3.8, 4) is 0 Å². The van der Waals surface area contributed by atoms with Gasteiger partial charge in [0.15, 0.2) is 0 Å². The topological polar surface area (TPSA) is 83.5 Å². The third-order valence-corrected chi connectivity index (χ3v) is 4.09. The normalized spacial score (nSPS) is 11.4. The summed E-state index contributed by atoms with van der Waals surface area (Å²) < 4.78 is 26.1. The van der Waals surface area contributed by atoms with Crippen molar-refractivity contribution < 1.29 is 18.3 Å². The summed E-state index contributed by atoms with van der Waals surface area (Å²) in [7, 11) is -3.68. The van der Waals surface area contributed by atoms with E-state index in [4.69, 9.17) is 16.7 Å². The Bertz CT molecular complexity index is 542. The molecule has 1 aromatic rings. The van der Waals surface area contributed by atoms with E-state index in [0.29, 0.717) is 6.54 Å². The fraction of sp³-hybridized carbons (Fsp3) is 0.364. The van der Waals surface area contributed by atoms with E-state index in [0.717, 1.165) is 18.9 Å². The molecule has 0 bridgehead atoms. The quantitative estimate of drug-likeness (QED) is 0.786. The molecule has 0 aliphatic rings. The molecule has 18 heavy (non-hydrogen) atoms. The Morgan fingerprint density at radius 2 is 2.11 bits per heavy atom. The molecule has 5 nitrogen and oxygen atoms in total. The maximum Gasteiger partial charge on any atom is 0.337 e. The van der Waals surface area contributed by atoms with Gasteiger partial charge in [0.25, 0.3) is 0 Å². The van der Waals surface area contributed by atoms with Gasteiger partial charge < -0.3 is 5.11 Å². The SMILES string of the molecule is CCCCNS(=O)(=O)c1ccc(Cl)c(C(=O)O)c1. The highest BCUT2D eigenvalue weighted by molar-refractivity contribution is 7.89. The van der Waals surface area contributed by atoms with Crippen LogP contribution in [0.4, 0.5) is 0 Å². The van der Waals surface area contributed by atoms with Gasteiger partial charge in [-0.15, -0.1) is 0 Å². The first-order chi connectivity index (χ1) is 8.38. The Balaban J connectivity index is 3.02. The molecule has 0 radical (unpaired) electrons. The molecule has 0 atom stereocenters. The summed E-state index contributed by atoms with van der Waals surface area (Å²) in [4.78, 5) is 10.8. The number of sulfonamides is 1. The fourth-order valence-corrected chi connectivity index (χ4v) is 2.60. The maximum atomic E-state index is 11.8. The minimum absolute atomic E-state index is 0.00927. The smallest absolute Gasteiger partial charge is 0.337 e. The van der Waals surface area contributed by atoms with Crippen LogP contribution >= 0.6 is 11.6 Å². The lowest BCUT2D eigenvalue weighted by atomic mass is 10.2. The van der Waals surface area contributed by atoms with Gasteiger partial charge in [-0.25, -0.2) is 17.9 Å². The largest absolute Gasteiger partial charge is 0.478 e. The average molecular weight is 292 g/mol. The Kier molecular flexibility index (Phi) is 5.13. The van der Waals surface area contributed by atoms with Crippen LogP contribution in [0.2, 0.25) is 5.02 Å². The Morgan fingerprint density at radius 3 is 2.67 bits per heavy atom. The van der Waals surface area contributed by atoms with Gasteiger partial charge in [-0.2, -0.15) is 0 Å². The van der Waals surface area contributed by atoms with Gasteiger partial charge in [0.2, 0.25) is 10.0 Å². The van der Waals surface area contributed by atoms with Gasteiger partial charge in [-0.1, -0.05) is 24.9 Å². The summed E-state index contributed by atoms with van der Waals surface area (Å²) >= 11 is 5.67. The van der Waals surface area contributed by atoms with E-state index in [1.54, 1.807) is 0 Å². The fourth-order valence-electron chi connectivity index (χ4n) is 1.30. The number of benzene rings is 1. The van der Waals surface area contributed by atoms with Gasteiger partial charge >= 0.3 is 5.97 Å². The molecule has 100 valence electrons. The zero-order valence-electron chi connectivity index (χ0n) is 9.81. The summed E-state index contributed by atoms with van der Waals surface area (Å²) in [6.07, 6.45) is 1.59. The molecule has 0 heterocycles. The van der Waals surface area contributed by atoms with Gasteiger partial charge in [0, 0.05) is 6.54 Å². The van der Waals surface area contributed by atoms with Crippen molar-refractivity contribution in [3.05, 3.63) is 28.8 Å². The molecule has 0 aliphatic heterocycles. The highest BCUT2D eigenvalue weighted by Crippen LogP contribution is 2.20. The van der Waals surface area contributed by atoms with Crippen molar-refractivity contribution in [2.24, 2.45) is 0 Å². The zero-order valence-corrected chi connectivity index (χ0v) is 11.4. The molecule has 0 amide bonds. The van der Waals surface area contributed by atoms with Crippen LogP contribution in [0.5, 0.6) is 0 Å². The van der Waals surface area contributed by atoms with Crippen molar-refractivity contribution in [3.63, 3.8) is 0 Å². The molecule has 1 aromatic carbocycles. The third-order valence-electron chi connectivity index (χ3n) is 2.30. The molecule has 0 aromatic heterocycles. The molecule has 0 saturated carbocycles. The minimum Gasteiger partial charge on any atom is -0.478 e. The summed E-state index contributed by atoms with van der Waals surface area (Å²) in [6, 6.07) is 3.60. The molecular weight excluding hydrogens is 278 g/mol. The lowest BCUT2D eigenvalue weighted by Gasteiger charge is -2.07. The Hall–Kier alpha value is -1.11. The number of unbranched alkanes of at least 4 members (excludes halogenated alkanes) is 1. The lowest BCUT2D eigenvalue weighted by Crippen LogP contribution is -2.25. The minimum atomic E-state index is -3.68. The molecule has 0 fully saturated rings. The zero-order chi connectivity index (χ0) is 13.8. The number of hydrogen-bond donors (Lipinski definition) is 2. The number of carboxylic acid groups (broad SMARTS) is 1. The summed E-state index contributed by atoms with van der Waals surface area (Å²) in [5.74, 6) is -1.26. The van der Waals surface area contributed by atoms with Crippen LogP contribution in [-0.2, 0) is 10.0 Å². The van der Waals surface area contributed by atoms with E-state index in [2.05, 4.69) is 4.72 Å². The molecule has 0 spiro atoms. The van der Waals surface area contributed by atoms with Gasteiger partial charge in [-0.05, 0) is 24.6 Å². The van der Waals surface area contributed by atoms with Crippen molar-refractivity contribution in [1.82, 2.24) is 4.72 Å². The van der Waals surface area contributed by atoms with Crippen LogP contribution in [0.15, 0.2) is 23.1 Å². The van der Waals surface area contributed by atoms with E-state index >= 15 is 0 Å². The monoisotopic (exact) mass is 291 g/mol. The number of hydrogen-bond acceptors (Lipinski definition) is 3. The van der Waals surface area contributed by atoms with Crippen molar-refractivity contribution in [2.45, 2.75) is 24.7 Å². The van der Waals surface area contributed by atoms with Crippen molar-refractivity contribution >= 4 is 27.6 Å². The first-order valence-electron chi connectivity index (χ1n) is 5.41. The number of halogens is 1. The predicted octanol–water partition coefficient (Wildman–Crippen LogP) is 2.12. The van der Waals surface area contributed by atoms with Crippen molar-refractivity contribution in [2.75, 3.05) is 6.54 Å². The molecule has 0 unspecified atom stereocenters. The summed E-state index contributed by atoms with van der Waals surface area (Å²) in [5, 5.41) is 8.88. The van der Waals surface area contributed by atoms with Crippen LogP contribution in [0, 0.1) is 0 Å². The summed E-state index contributed by atoms with van der Waals surface area (Å²) in [6.45, 7) is 2.27. The van der Waals surface area contributed by atoms with E-state index < -0.39 is 16.0 Å². The lowest BCUT2D eigenvalue weighted by molar-refractivity contribution is 0.0697. The number of rotatable bonds is 6. The molecular formula is C11H14ClNO4S. The number of carboxylic acids is 1. The molecule has 0 aliphatic carbocycles. The van der Waals surface area contributed by atoms with E-state index in [9.17, 15) is 13.2 Å². The van der Waals surface area contributed by atoms with E-state index in [1.165, 1.54) is 12.1 Å². The standard InChI is InChI=1S/C11H14ClNO4S/c1-2-3-6-13-18(16,17)8-4-5-10(12)9(7-8)11(14)15/h4-5,7,13H,2-3,6H2,1H3,(H,14,15). The summed E-state index contributed by atoms with van der Waals surface area (Å²) in [5.41, 5.74) is -0.227. The second kappa shape index (κ2) is 6.17. The second-order valence-electron chi connectivity index (χ2n) is 3.70. The molecule has 7 heteroatoms. The first-order valence-corrected chi connectivity index (χ1v) is 7.27. The average Bonchev–Trinajstić information content (AvgIpc) is 2.29. The maximum absolute atomic E-state index is 11.8. The highest BCUT2D eigenvalue weighted by atomic mass is 35.5. The van der Waals surface area contributed by atoms with Crippen LogP contribution < -0.4 is 4.72 Å². The van der Waals surface area contributed by atoms with Crippen molar-refractivity contribution in [1.29, 1.82) is 0 Å². The van der Waals surface area contributed by atoms with Crippen LogP contribution in [-0.4, -0.2) is 26.0 Å². The Labute approximate surface area is 111 Å². The molecule has 1 rings (SSSR count). The van der Waals surface area contributed by atoms with Crippen LogP contribution in [0.3, 0.4) is 0 Å². The number of carbonyl (C=O) groups is 1. The van der Waals surface area contributed by atoms with E-state index in [-0.39, 0.29) is 15.5 Å². The molecule has 0 saturated heterocycles. The van der Waals surface area contributed by atoms with E-state index in [1.807, 2.05) is 6.92 Å². The van der Waals surface area contributed by atoms with Gasteiger partial charge in [0.1, 0.15) is 0 Å². The van der Waals surface area contributed by atoms with Crippen LogP contribution in [0.25, 0.3) is 0 Å². The second-order valence-corrected chi connectivity index (χ2v) is 5.87. The van der Waals surface area contributed by atoms with Crippen LogP contribution in [0.1, 0.15) is 30.1 Å². The molecule has 2 N–H and O–H groups in total. The highest BCUT2D eigenvalue weighted by Gasteiger charge is 2.17. The third kappa shape index (κ3) is 3.69. The predicted molar refractivity (Wildman–Crippen MR) is 68.5 cm³/mol. The Morgan fingerprint density at radius 1 is 1.44 bits per heavy atom.